The summed E-state index contributed by atoms with van der Waals surface area (Å²) in [5.41, 5.74) is 0.875. The predicted octanol–water partition coefficient (Wildman–Crippen LogP) is -0.0199. The first-order valence-electron chi connectivity index (χ1n) is 8.47. The summed E-state index contributed by atoms with van der Waals surface area (Å²) in [5.74, 6) is -0.708. The minimum atomic E-state index is -3.66. The average molecular weight is 365 g/mol. The number of sulfonamides is 1. The van der Waals surface area contributed by atoms with Crippen LogP contribution in [0.15, 0.2) is 30.3 Å². The molecule has 0 radical (unpaired) electrons. The molecule has 1 N–H and O–H groups in total. The Bertz CT molecular complexity index is 750. The van der Waals surface area contributed by atoms with E-state index >= 15 is 0 Å². The van der Waals surface area contributed by atoms with E-state index in [9.17, 15) is 18.0 Å². The Balaban J connectivity index is 1.92. The van der Waals surface area contributed by atoms with E-state index in [1.165, 1.54) is 4.90 Å². The fraction of sp³-hybridized carbons (Fsp3) is 0.529. The summed E-state index contributed by atoms with van der Waals surface area (Å²) < 4.78 is 27.3. The van der Waals surface area contributed by atoms with Gasteiger partial charge in [-0.05, 0) is 24.8 Å². The van der Waals surface area contributed by atoms with E-state index < -0.39 is 22.1 Å². The first-order valence-corrected chi connectivity index (χ1v) is 10.1. The molecule has 0 aliphatic carbocycles. The molecule has 3 rings (SSSR count). The molecule has 2 aliphatic heterocycles. The maximum Gasteiger partial charge on any atom is 0.245 e. The smallest absolute Gasteiger partial charge is 0.245 e. The number of hydrogen-bond donors (Lipinski definition) is 1. The second-order valence-electron chi connectivity index (χ2n) is 6.63. The van der Waals surface area contributed by atoms with E-state index in [4.69, 9.17) is 0 Å². The van der Waals surface area contributed by atoms with Crippen molar-refractivity contribution in [3.63, 3.8) is 0 Å². The van der Waals surface area contributed by atoms with E-state index in [0.29, 0.717) is 13.0 Å². The summed E-state index contributed by atoms with van der Waals surface area (Å²) in [6.07, 6.45) is 1.65. The number of carbonyl (C=O) groups is 2. The Hall–Kier alpha value is -1.93. The highest BCUT2D eigenvalue weighted by molar-refractivity contribution is 7.89. The van der Waals surface area contributed by atoms with Crippen molar-refractivity contribution < 1.29 is 18.0 Å². The molecule has 1 aromatic rings. The maximum atomic E-state index is 13.0. The fourth-order valence-corrected chi connectivity index (χ4v) is 4.66. The van der Waals surface area contributed by atoms with Crippen LogP contribution in [0.25, 0.3) is 0 Å². The van der Waals surface area contributed by atoms with Gasteiger partial charge in [0.15, 0.2) is 0 Å². The number of rotatable bonds is 2. The molecule has 2 saturated heterocycles. The molecule has 8 heteroatoms. The molecule has 2 unspecified atom stereocenters. The van der Waals surface area contributed by atoms with Crippen LogP contribution >= 0.6 is 0 Å². The van der Waals surface area contributed by atoms with Gasteiger partial charge >= 0.3 is 0 Å². The molecule has 0 bridgehead atoms. The first-order chi connectivity index (χ1) is 11.9. The van der Waals surface area contributed by atoms with E-state index in [2.05, 4.69) is 4.72 Å². The van der Waals surface area contributed by atoms with Crippen molar-refractivity contribution in [1.82, 2.24) is 14.5 Å². The third kappa shape index (κ3) is 4.01. The van der Waals surface area contributed by atoms with Gasteiger partial charge in [-0.1, -0.05) is 30.3 Å². The average Bonchev–Trinajstić information content (AvgIpc) is 3.07. The van der Waals surface area contributed by atoms with Gasteiger partial charge in [-0.15, -0.1) is 0 Å². The van der Waals surface area contributed by atoms with Crippen LogP contribution in [0.1, 0.15) is 18.4 Å². The zero-order valence-corrected chi connectivity index (χ0v) is 15.0. The lowest BCUT2D eigenvalue weighted by molar-refractivity contribution is -0.143. The lowest BCUT2D eigenvalue weighted by Gasteiger charge is -2.32. The van der Waals surface area contributed by atoms with Crippen molar-refractivity contribution in [2.75, 3.05) is 25.9 Å². The van der Waals surface area contributed by atoms with Crippen molar-refractivity contribution in [2.24, 2.45) is 0 Å². The van der Waals surface area contributed by atoms with Gasteiger partial charge in [0.05, 0.1) is 5.75 Å². The Labute approximate surface area is 148 Å². The lowest BCUT2D eigenvalue weighted by Crippen LogP contribution is -2.56. The van der Waals surface area contributed by atoms with Crippen LogP contribution in [0.5, 0.6) is 0 Å². The normalized spacial score (nSPS) is 27.2. The Morgan fingerprint density at radius 1 is 1.12 bits per heavy atom. The summed E-state index contributed by atoms with van der Waals surface area (Å²) in [6, 6.07) is 7.93. The van der Waals surface area contributed by atoms with Gasteiger partial charge in [-0.25, -0.2) is 13.1 Å². The quantitative estimate of drug-likeness (QED) is 0.798. The van der Waals surface area contributed by atoms with Crippen LogP contribution in [0.3, 0.4) is 0 Å². The third-order valence-electron chi connectivity index (χ3n) is 4.80. The number of hydrogen-bond acceptors (Lipinski definition) is 4. The molecular formula is C17H23N3O4S. The molecule has 2 atom stereocenters. The Morgan fingerprint density at radius 3 is 2.56 bits per heavy atom. The predicted molar refractivity (Wildman–Crippen MR) is 93.2 cm³/mol. The van der Waals surface area contributed by atoms with Crippen LogP contribution in [0.2, 0.25) is 0 Å². The summed E-state index contributed by atoms with van der Waals surface area (Å²) in [7, 11) is -2.08. The summed E-state index contributed by atoms with van der Waals surface area (Å²) in [5, 5.41) is 0. The molecular weight excluding hydrogens is 342 g/mol. The number of likely N-dealkylation sites (N-methyl/N-ethyl adjacent to an activating group) is 1. The van der Waals surface area contributed by atoms with E-state index in [-0.39, 0.29) is 30.5 Å². The standard InChI is InChI=1S/C17H23N3O4S/c1-19-10-11-25(23,24)18-14(12-13-6-3-2-4-7-13)16(21)20-9-5-8-15(20)17(19)22/h2-4,6-7,14-15,18H,5,8-12H2,1H3. The van der Waals surface area contributed by atoms with Crippen LogP contribution < -0.4 is 4.72 Å². The second-order valence-corrected chi connectivity index (χ2v) is 8.50. The van der Waals surface area contributed by atoms with Gasteiger partial charge < -0.3 is 9.80 Å². The number of nitrogens with zero attached hydrogens (tertiary/aromatic N) is 2. The van der Waals surface area contributed by atoms with Crippen LogP contribution in [0.4, 0.5) is 0 Å². The van der Waals surface area contributed by atoms with Crippen LogP contribution in [-0.4, -0.2) is 68.0 Å². The maximum absolute atomic E-state index is 13.0. The lowest BCUT2D eigenvalue weighted by atomic mass is 10.0. The minimum Gasteiger partial charge on any atom is -0.343 e. The summed E-state index contributed by atoms with van der Waals surface area (Å²) >= 11 is 0. The molecule has 2 aliphatic rings. The number of fused-ring (bicyclic) bond motifs is 1. The molecule has 7 nitrogen and oxygen atoms in total. The van der Waals surface area contributed by atoms with Gasteiger partial charge in [-0.3, -0.25) is 9.59 Å². The van der Waals surface area contributed by atoms with Crippen molar-refractivity contribution in [1.29, 1.82) is 0 Å². The number of amides is 2. The second kappa shape index (κ2) is 7.13. The highest BCUT2D eigenvalue weighted by atomic mass is 32.2. The van der Waals surface area contributed by atoms with E-state index in [1.807, 2.05) is 30.3 Å². The topological polar surface area (TPSA) is 86.8 Å². The zero-order chi connectivity index (χ0) is 18.0. The first kappa shape index (κ1) is 17.9. The van der Waals surface area contributed by atoms with Gasteiger partial charge in [0.1, 0.15) is 12.1 Å². The summed E-state index contributed by atoms with van der Waals surface area (Å²) in [6.45, 7) is 0.598. The Morgan fingerprint density at radius 2 is 1.84 bits per heavy atom. The summed E-state index contributed by atoms with van der Waals surface area (Å²) in [4.78, 5) is 28.6. The SMILES string of the molecule is CN1CCS(=O)(=O)NC(Cc2ccccc2)C(=O)N2CCCC2C1=O. The van der Waals surface area contributed by atoms with Crippen LogP contribution in [0, 0.1) is 0 Å². The fourth-order valence-electron chi connectivity index (χ4n) is 3.41. The van der Waals surface area contributed by atoms with E-state index in [0.717, 1.165) is 12.0 Å². The molecule has 2 fully saturated rings. The van der Waals surface area contributed by atoms with Gasteiger partial charge in [-0.2, -0.15) is 0 Å². The van der Waals surface area contributed by atoms with Crippen molar-refractivity contribution >= 4 is 21.8 Å². The van der Waals surface area contributed by atoms with Gasteiger partial charge in [0.2, 0.25) is 21.8 Å². The van der Waals surface area contributed by atoms with Gasteiger partial charge in [0, 0.05) is 20.1 Å². The third-order valence-corrected chi connectivity index (χ3v) is 6.16. The Kier molecular flexibility index (Phi) is 5.10. The van der Waals surface area contributed by atoms with Crippen molar-refractivity contribution in [3.8, 4) is 0 Å². The minimum absolute atomic E-state index is 0.116. The van der Waals surface area contributed by atoms with E-state index in [1.54, 1.807) is 11.9 Å². The largest absolute Gasteiger partial charge is 0.343 e. The molecule has 1 aromatic carbocycles. The number of nitrogens with one attached hydrogen (secondary N) is 1. The molecule has 0 spiro atoms. The highest BCUT2D eigenvalue weighted by Gasteiger charge is 2.40. The van der Waals surface area contributed by atoms with Gasteiger partial charge in [0.25, 0.3) is 0 Å². The molecule has 2 heterocycles. The van der Waals surface area contributed by atoms with Crippen LogP contribution in [-0.2, 0) is 26.0 Å². The molecule has 136 valence electrons. The molecule has 0 saturated carbocycles. The number of carbonyl (C=O) groups excluding carboxylic acids is 2. The molecule has 0 aromatic heterocycles. The molecule has 25 heavy (non-hydrogen) atoms. The van der Waals surface area contributed by atoms with Crippen molar-refractivity contribution in [3.05, 3.63) is 35.9 Å². The highest BCUT2D eigenvalue weighted by Crippen LogP contribution is 2.22. The zero-order valence-electron chi connectivity index (χ0n) is 14.2. The monoisotopic (exact) mass is 365 g/mol. The molecule has 2 amide bonds. The van der Waals surface area contributed by atoms with Crippen molar-refractivity contribution in [2.45, 2.75) is 31.3 Å². The number of benzene rings is 1.